The molecule has 22 heavy (non-hydrogen) atoms. The Morgan fingerprint density at radius 2 is 1.91 bits per heavy atom. The van der Waals surface area contributed by atoms with Gasteiger partial charge in [-0.3, -0.25) is 4.79 Å². The summed E-state index contributed by atoms with van der Waals surface area (Å²) in [5, 5.41) is 13.7. The normalized spacial score (nSPS) is 12.2. The van der Waals surface area contributed by atoms with Crippen LogP contribution in [-0.2, 0) is 0 Å². The first kappa shape index (κ1) is 16.2. The van der Waals surface area contributed by atoms with E-state index in [1.54, 1.807) is 4.90 Å². The maximum Gasteiger partial charge on any atom is 0.259 e. The number of aliphatic hydroxyl groups excluding tert-OH is 1. The summed E-state index contributed by atoms with van der Waals surface area (Å²) in [7, 11) is 0. The van der Waals surface area contributed by atoms with Crippen LogP contribution in [0.25, 0.3) is 11.3 Å². The van der Waals surface area contributed by atoms with Gasteiger partial charge < -0.3 is 14.5 Å². The molecule has 1 aromatic heterocycles. The number of aliphatic hydroxyl groups is 1. The molecule has 0 aliphatic carbocycles. The molecule has 1 amide bonds. The van der Waals surface area contributed by atoms with E-state index < -0.39 is 6.10 Å². The van der Waals surface area contributed by atoms with Crippen molar-refractivity contribution in [3.05, 3.63) is 41.4 Å². The predicted octanol–water partition coefficient (Wildman–Crippen LogP) is 3.02. The van der Waals surface area contributed by atoms with Crippen molar-refractivity contribution < 1.29 is 18.8 Å². The number of nitrogens with zero attached hydrogens (tertiary/aromatic N) is 2. The van der Waals surface area contributed by atoms with Gasteiger partial charge in [-0.25, -0.2) is 4.39 Å². The van der Waals surface area contributed by atoms with Crippen molar-refractivity contribution in [1.82, 2.24) is 10.1 Å². The van der Waals surface area contributed by atoms with E-state index >= 15 is 0 Å². The predicted molar refractivity (Wildman–Crippen MR) is 79.8 cm³/mol. The molecule has 0 spiro atoms. The van der Waals surface area contributed by atoms with Crippen LogP contribution < -0.4 is 0 Å². The largest absolute Gasteiger partial charge is 0.385 e. The van der Waals surface area contributed by atoms with Crippen molar-refractivity contribution >= 4 is 5.91 Å². The zero-order valence-corrected chi connectivity index (χ0v) is 12.8. The Morgan fingerprint density at radius 3 is 2.41 bits per heavy atom. The molecule has 0 aliphatic heterocycles. The fraction of sp³-hybridized carbons (Fsp3) is 0.375. The Kier molecular flexibility index (Phi) is 4.92. The van der Waals surface area contributed by atoms with E-state index in [9.17, 15) is 14.3 Å². The first-order valence-electron chi connectivity index (χ1n) is 7.22. The number of amides is 1. The summed E-state index contributed by atoms with van der Waals surface area (Å²) < 4.78 is 18.2. The fourth-order valence-corrected chi connectivity index (χ4v) is 2.27. The van der Waals surface area contributed by atoms with Gasteiger partial charge in [-0.15, -0.1) is 0 Å². The van der Waals surface area contributed by atoms with E-state index in [1.165, 1.54) is 31.2 Å². The lowest BCUT2D eigenvalue weighted by Crippen LogP contribution is -2.31. The van der Waals surface area contributed by atoms with Crippen LogP contribution in [0.2, 0.25) is 0 Å². The van der Waals surface area contributed by atoms with Crippen LogP contribution in [0.15, 0.2) is 28.8 Å². The second-order valence-electron chi connectivity index (χ2n) is 4.93. The van der Waals surface area contributed by atoms with E-state index in [4.69, 9.17) is 4.52 Å². The summed E-state index contributed by atoms with van der Waals surface area (Å²) >= 11 is 0. The molecular weight excluding hydrogens is 287 g/mol. The third-order valence-corrected chi connectivity index (χ3v) is 3.48. The molecule has 1 N–H and O–H groups in total. The van der Waals surface area contributed by atoms with E-state index in [2.05, 4.69) is 5.16 Å². The van der Waals surface area contributed by atoms with Gasteiger partial charge in [0, 0.05) is 18.7 Å². The molecular formula is C16H19FN2O3. The van der Waals surface area contributed by atoms with E-state index in [0.29, 0.717) is 24.3 Å². The van der Waals surface area contributed by atoms with Gasteiger partial charge in [0.15, 0.2) is 5.76 Å². The van der Waals surface area contributed by atoms with E-state index in [0.717, 1.165) is 0 Å². The van der Waals surface area contributed by atoms with Gasteiger partial charge in [-0.1, -0.05) is 5.16 Å². The summed E-state index contributed by atoms with van der Waals surface area (Å²) in [5.74, 6) is -0.516. The van der Waals surface area contributed by atoms with Gasteiger partial charge in [-0.2, -0.15) is 0 Å². The van der Waals surface area contributed by atoms with Crippen molar-refractivity contribution in [2.24, 2.45) is 0 Å². The minimum atomic E-state index is -0.962. The average molecular weight is 306 g/mol. The third kappa shape index (κ3) is 3.01. The van der Waals surface area contributed by atoms with Crippen LogP contribution in [0, 0.1) is 5.82 Å². The SMILES string of the molecule is CCN(CC)C(=O)c1c(-c2ccc(F)cc2)noc1C(C)O. The molecule has 1 unspecified atom stereocenters. The monoisotopic (exact) mass is 306 g/mol. The third-order valence-electron chi connectivity index (χ3n) is 3.48. The summed E-state index contributed by atoms with van der Waals surface area (Å²) in [6.45, 7) is 6.31. The topological polar surface area (TPSA) is 66.6 Å². The Balaban J connectivity index is 2.56. The van der Waals surface area contributed by atoms with Crippen molar-refractivity contribution in [3.63, 3.8) is 0 Å². The quantitative estimate of drug-likeness (QED) is 0.922. The molecule has 1 heterocycles. The lowest BCUT2D eigenvalue weighted by atomic mass is 10.0. The van der Waals surface area contributed by atoms with Crippen LogP contribution in [0.5, 0.6) is 0 Å². The summed E-state index contributed by atoms with van der Waals surface area (Å²) in [6, 6.07) is 5.63. The molecule has 1 aromatic carbocycles. The summed E-state index contributed by atoms with van der Waals surface area (Å²) in [4.78, 5) is 14.3. The Bertz CT molecular complexity index is 646. The van der Waals surface area contributed by atoms with Crippen LogP contribution in [0.4, 0.5) is 4.39 Å². The minimum Gasteiger partial charge on any atom is -0.385 e. The molecule has 0 saturated heterocycles. The van der Waals surface area contributed by atoms with E-state index in [1.807, 2.05) is 13.8 Å². The minimum absolute atomic E-state index is 0.122. The molecule has 5 nitrogen and oxygen atoms in total. The number of halogens is 1. The molecule has 118 valence electrons. The summed E-state index contributed by atoms with van der Waals surface area (Å²) in [6.07, 6.45) is -0.962. The summed E-state index contributed by atoms with van der Waals surface area (Å²) in [5.41, 5.74) is 1.10. The van der Waals surface area contributed by atoms with Crippen LogP contribution in [-0.4, -0.2) is 34.2 Å². The molecule has 0 fully saturated rings. The molecule has 0 saturated carbocycles. The van der Waals surface area contributed by atoms with Crippen molar-refractivity contribution in [1.29, 1.82) is 0 Å². The zero-order valence-electron chi connectivity index (χ0n) is 12.8. The highest BCUT2D eigenvalue weighted by Gasteiger charge is 2.28. The second-order valence-corrected chi connectivity index (χ2v) is 4.93. The highest BCUT2D eigenvalue weighted by molar-refractivity contribution is 6.01. The Labute approximate surface area is 128 Å². The van der Waals surface area contributed by atoms with Crippen molar-refractivity contribution in [3.8, 4) is 11.3 Å². The maximum atomic E-state index is 13.1. The van der Waals surface area contributed by atoms with Crippen LogP contribution in [0.1, 0.15) is 43.0 Å². The molecule has 0 radical (unpaired) electrons. The lowest BCUT2D eigenvalue weighted by molar-refractivity contribution is 0.0761. The number of hydrogen-bond donors (Lipinski definition) is 1. The number of hydrogen-bond acceptors (Lipinski definition) is 4. The first-order chi connectivity index (χ1) is 10.5. The molecule has 2 rings (SSSR count). The van der Waals surface area contributed by atoms with E-state index in [-0.39, 0.29) is 23.0 Å². The standard InChI is InChI=1S/C16H19FN2O3/c1-4-19(5-2)16(21)13-14(18-22-15(13)10(3)20)11-6-8-12(17)9-7-11/h6-10,20H,4-5H2,1-3H3. The molecule has 0 bridgehead atoms. The van der Waals surface area contributed by atoms with Gasteiger partial charge in [0.2, 0.25) is 0 Å². The van der Waals surface area contributed by atoms with Crippen LogP contribution in [0.3, 0.4) is 0 Å². The smallest absolute Gasteiger partial charge is 0.259 e. The van der Waals surface area contributed by atoms with Crippen LogP contribution >= 0.6 is 0 Å². The fourth-order valence-electron chi connectivity index (χ4n) is 2.27. The maximum absolute atomic E-state index is 13.1. The zero-order chi connectivity index (χ0) is 16.3. The number of carbonyl (C=O) groups is 1. The molecule has 0 aliphatic rings. The van der Waals surface area contributed by atoms with Gasteiger partial charge in [0.1, 0.15) is 23.2 Å². The number of aromatic nitrogens is 1. The van der Waals surface area contributed by atoms with Crippen molar-refractivity contribution in [2.45, 2.75) is 26.9 Å². The Morgan fingerprint density at radius 1 is 1.32 bits per heavy atom. The lowest BCUT2D eigenvalue weighted by Gasteiger charge is -2.19. The van der Waals surface area contributed by atoms with Crippen molar-refractivity contribution in [2.75, 3.05) is 13.1 Å². The van der Waals surface area contributed by atoms with Gasteiger partial charge in [0.25, 0.3) is 5.91 Å². The van der Waals surface area contributed by atoms with Gasteiger partial charge in [-0.05, 0) is 45.0 Å². The number of carbonyl (C=O) groups excluding carboxylic acids is 1. The number of benzene rings is 1. The van der Waals surface area contributed by atoms with Gasteiger partial charge in [0.05, 0.1) is 0 Å². The molecule has 2 aromatic rings. The molecule has 6 heteroatoms. The highest BCUT2D eigenvalue weighted by Crippen LogP contribution is 2.30. The molecule has 1 atom stereocenters. The average Bonchev–Trinajstić information content (AvgIpc) is 2.94. The number of rotatable bonds is 5. The van der Waals surface area contributed by atoms with Gasteiger partial charge >= 0.3 is 0 Å². The Hall–Kier alpha value is -2.21. The highest BCUT2D eigenvalue weighted by atomic mass is 19.1. The second kappa shape index (κ2) is 6.70. The first-order valence-corrected chi connectivity index (χ1v) is 7.22.